The molecule has 29 heavy (non-hydrogen) atoms. The number of ether oxygens (including phenoxy) is 2. The van der Waals surface area contributed by atoms with Crippen molar-refractivity contribution in [2.45, 2.75) is 0 Å². The van der Waals surface area contributed by atoms with E-state index in [1.807, 2.05) is 48.3 Å². The van der Waals surface area contributed by atoms with Crippen molar-refractivity contribution in [3.63, 3.8) is 0 Å². The smallest absolute Gasteiger partial charge is 0.340 e. The molecule has 0 bridgehead atoms. The molecule has 0 saturated carbocycles. The number of para-hydroxylation sites is 1. The van der Waals surface area contributed by atoms with E-state index in [1.54, 1.807) is 30.3 Å². The maximum atomic E-state index is 12.1. The first-order valence-electron chi connectivity index (χ1n) is 8.96. The highest BCUT2D eigenvalue weighted by atomic mass is 16.5. The molecule has 0 fully saturated rings. The van der Waals surface area contributed by atoms with Gasteiger partial charge in [-0.15, -0.1) is 0 Å². The zero-order chi connectivity index (χ0) is 21.0. The van der Waals surface area contributed by atoms with Gasteiger partial charge in [0.25, 0.3) is 0 Å². The van der Waals surface area contributed by atoms with Gasteiger partial charge in [-0.3, -0.25) is 0 Å². The van der Waals surface area contributed by atoms with E-state index >= 15 is 0 Å². The molecule has 2 N–H and O–H groups in total. The Balaban J connectivity index is 1.99. The van der Waals surface area contributed by atoms with Crippen LogP contribution < -0.4 is 10.6 Å². The van der Waals surface area contributed by atoms with Crippen LogP contribution >= 0.6 is 0 Å². The fourth-order valence-electron chi connectivity index (χ4n) is 3.23. The van der Waals surface area contributed by atoms with E-state index in [1.165, 1.54) is 14.2 Å². The van der Waals surface area contributed by atoms with Crippen molar-refractivity contribution >= 4 is 29.0 Å². The largest absolute Gasteiger partial charge is 0.465 e. The number of carbonyl (C=O) groups is 2. The Labute approximate surface area is 169 Å². The Hall–Kier alpha value is -3.80. The number of esters is 2. The summed E-state index contributed by atoms with van der Waals surface area (Å²) in [5, 5.41) is 0. The van der Waals surface area contributed by atoms with E-state index in [0.717, 1.165) is 16.8 Å². The van der Waals surface area contributed by atoms with Crippen molar-refractivity contribution in [1.82, 2.24) is 0 Å². The van der Waals surface area contributed by atoms with Gasteiger partial charge in [0.15, 0.2) is 0 Å². The number of anilines is 3. The molecule has 0 atom stereocenters. The van der Waals surface area contributed by atoms with Gasteiger partial charge in [0.2, 0.25) is 0 Å². The Kier molecular flexibility index (Phi) is 5.83. The van der Waals surface area contributed by atoms with Crippen LogP contribution in [0, 0.1) is 0 Å². The Morgan fingerprint density at radius 2 is 1.38 bits per heavy atom. The first-order valence-corrected chi connectivity index (χ1v) is 8.96. The Morgan fingerprint density at radius 1 is 0.793 bits per heavy atom. The summed E-state index contributed by atoms with van der Waals surface area (Å²) in [5.74, 6) is -0.843. The number of benzene rings is 3. The number of hydrogen-bond acceptors (Lipinski definition) is 6. The van der Waals surface area contributed by atoms with E-state index in [2.05, 4.69) is 0 Å². The van der Waals surface area contributed by atoms with Crippen LogP contribution in [0.2, 0.25) is 0 Å². The van der Waals surface area contributed by atoms with Crippen molar-refractivity contribution in [2.75, 3.05) is 31.9 Å². The van der Waals surface area contributed by atoms with Crippen LogP contribution in [0.15, 0.2) is 66.7 Å². The lowest BCUT2D eigenvalue weighted by molar-refractivity contribution is 0.0592. The lowest BCUT2D eigenvalue weighted by Gasteiger charge is -2.24. The summed E-state index contributed by atoms with van der Waals surface area (Å²) >= 11 is 0. The van der Waals surface area contributed by atoms with Gasteiger partial charge in [0.1, 0.15) is 0 Å². The molecule has 0 aliphatic heterocycles. The van der Waals surface area contributed by atoms with Crippen molar-refractivity contribution in [3.8, 4) is 11.1 Å². The van der Waals surface area contributed by atoms with Crippen molar-refractivity contribution in [1.29, 1.82) is 0 Å². The third-order valence-corrected chi connectivity index (χ3v) is 4.71. The van der Waals surface area contributed by atoms with Crippen LogP contribution in [-0.2, 0) is 9.47 Å². The van der Waals surface area contributed by atoms with Crippen LogP contribution in [0.25, 0.3) is 11.1 Å². The molecule has 6 nitrogen and oxygen atoms in total. The van der Waals surface area contributed by atoms with E-state index in [4.69, 9.17) is 15.2 Å². The number of nitrogens with two attached hydrogens (primary N) is 1. The predicted octanol–water partition coefficient (Wildman–Crippen LogP) is 4.28. The Bertz CT molecular complexity index is 1040. The molecule has 3 aromatic carbocycles. The summed E-state index contributed by atoms with van der Waals surface area (Å²) in [7, 11) is 4.53. The number of carbonyl (C=O) groups excluding carboxylic acids is 2. The minimum Gasteiger partial charge on any atom is -0.465 e. The summed E-state index contributed by atoms with van der Waals surface area (Å²) in [6.45, 7) is 0. The molecule has 0 amide bonds. The molecule has 0 aromatic heterocycles. The third kappa shape index (κ3) is 3.91. The summed E-state index contributed by atoms with van der Waals surface area (Å²) in [6.07, 6.45) is 0. The number of rotatable bonds is 5. The second-order valence-corrected chi connectivity index (χ2v) is 6.38. The van der Waals surface area contributed by atoms with Gasteiger partial charge in [-0.1, -0.05) is 36.4 Å². The van der Waals surface area contributed by atoms with Gasteiger partial charge in [-0.25, -0.2) is 9.59 Å². The number of nitrogen functional groups attached to an aromatic ring is 1. The minimum absolute atomic E-state index is 0.384. The predicted molar refractivity (Wildman–Crippen MR) is 113 cm³/mol. The quantitative estimate of drug-likeness (QED) is 0.517. The molecule has 3 aromatic rings. The van der Waals surface area contributed by atoms with Crippen molar-refractivity contribution in [3.05, 3.63) is 77.9 Å². The van der Waals surface area contributed by atoms with E-state index < -0.39 is 5.97 Å². The van der Waals surface area contributed by atoms with Gasteiger partial charge in [0, 0.05) is 12.7 Å². The number of methoxy groups -OCH3 is 2. The van der Waals surface area contributed by atoms with Crippen molar-refractivity contribution < 1.29 is 19.1 Å². The van der Waals surface area contributed by atoms with E-state index in [-0.39, 0.29) is 5.97 Å². The van der Waals surface area contributed by atoms with Gasteiger partial charge >= 0.3 is 11.9 Å². The SMILES string of the molecule is COC(=O)c1ccccc1-c1ccc(N(C)c2c(N)cccc2C(=O)OC)cc1. The fraction of sp³-hybridized carbons (Fsp3) is 0.130. The molecule has 6 heteroatoms. The monoisotopic (exact) mass is 390 g/mol. The molecule has 0 heterocycles. The maximum absolute atomic E-state index is 12.1. The van der Waals surface area contributed by atoms with Gasteiger partial charge in [0.05, 0.1) is 36.7 Å². The van der Waals surface area contributed by atoms with Crippen LogP contribution in [0.5, 0.6) is 0 Å². The lowest BCUT2D eigenvalue weighted by Crippen LogP contribution is -2.16. The summed E-state index contributed by atoms with van der Waals surface area (Å²) in [4.78, 5) is 26.0. The highest BCUT2D eigenvalue weighted by Crippen LogP contribution is 2.34. The highest BCUT2D eigenvalue weighted by Gasteiger charge is 2.19. The maximum Gasteiger partial charge on any atom is 0.340 e. The first kappa shape index (κ1) is 19.9. The summed E-state index contributed by atoms with van der Waals surface area (Å²) in [6, 6.07) is 20.0. The zero-order valence-corrected chi connectivity index (χ0v) is 16.5. The molecule has 0 aliphatic carbocycles. The normalized spacial score (nSPS) is 10.3. The molecular formula is C23H22N2O4. The van der Waals surface area contributed by atoms with E-state index in [9.17, 15) is 9.59 Å². The lowest BCUT2D eigenvalue weighted by atomic mass is 9.99. The highest BCUT2D eigenvalue weighted by molar-refractivity contribution is 6.00. The Morgan fingerprint density at radius 3 is 2.03 bits per heavy atom. The average molecular weight is 390 g/mol. The van der Waals surface area contributed by atoms with Crippen LogP contribution in [0.4, 0.5) is 17.1 Å². The summed E-state index contributed by atoms with van der Waals surface area (Å²) in [5.41, 5.74) is 10.5. The van der Waals surface area contributed by atoms with Gasteiger partial charge < -0.3 is 20.1 Å². The first-order chi connectivity index (χ1) is 14.0. The topological polar surface area (TPSA) is 81.9 Å². The summed E-state index contributed by atoms with van der Waals surface area (Å²) < 4.78 is 9.75. The van der Waals surface area contributed by atoms with Crippen LogP contribution in [-0.4, -0.2) is 33.2 Å². The molecule has 3 rings (SSSR count). The van der Waals surface area contributed by atoms with Crippen LogP contribution in [0.3, 0.4) is 0 Å². The second-order valence-electron chi connectivity index (χ2n) is 6.38. The molecule has 0 aliphatic rings. The van der Waals surface area contributed by atoms with Crippen LogP contribution in [0.1, 0.15) is 20.7 Å². The molecule has 148 valence electrons. The molecule has 0 spiro atoms. The third-order valence-electron chi connectivity index (χ3n) is 4.71. The zero-order valence-electron chi connectivity index (χ0n) is 16.5. The molecular weight excluding hydrogens is 368 g/mol. The standard InChI is InChI=1S/C23H22N2O4/c1-25(21-19(23(27)29-3)9-6-10-20(21)24)16-13-11-15(12-14-16)17-7-4-5-8-18(17)22(26)28-2/h4-14H,24H2,1-3H3. The van der Waals surface area contributed by atoms with Crippen molar-refractivity contribution in [2.24, 2.45) is 0 Å². The molecule has 0 saturated heterocycles. The average Bonchev–Trinajstić information content (AvgIpc) is 2.77. The second kappa shape index (κ2) is 8.48. The molecule has 0 unspecified atom stereocenters. The molecule has 0 radical (unpaired) electrons. The number of hydrogen-bond donors (Lipinski definition) is 1. The number of nitrogens with zero attached hydrogens (tertiary/aromatic N) is 1. The van der Waals surface area contributed by atoms with E-state index in [0.29, 0.717) is 22.5 Å². The minimum atomic E-state index is -0.456. The van der Waals surface area contributed by atoms with Gasteiger partial charge in [-0.05, 0) is 41.5 Å². The van der Waals surface area contributed by atoms with Gasteiger partial charge in [-0.2, -0.15) is 0 Å². The fourth-order valence-corrected chi connectivity index (χ4v) is 3.23.